The summed E-state index contributed by atoms with van der Waals surface area (Å²) >= 11 is 0. The number of nitrogens with one attached hydrogen (secondary N) is 1. The summed E-state index contributed by atoms with van der Waals surface area (Å²) in [5.41, 5.74) is 1.22. The van der Waals surface area contributed by atoms with Crippen molar-refractivity contribution < 1.29 is 9.13 Å². The molecule has 1 aromatic carbocycles. The van der Waals surface area contributed by atoms with Crippen LogP contribution in [0.5, 0.6) is 5.75 Å². The highest BCUT2D eigenvalue weighted by molar-refractivity contribution is 5.29. The Balaban J connectivity index is 1.97. The van der Waals surface area contributed by atoms with Gasteiger partial charge in [-0.15, -0.1) is 0 Å². The van der Waals surface area contributed by atoms with Crippen molar-refractivity contribution >= 4 is 0 Å². The quantitative estimate of drug-likeness (QED) is 0.847. The lowest BCUT2D eigenvalue weighted by Crippen LogP contribution is -2.47. The van der Waals surface area contributed by atoms with Crippen LogP contribution >= 0.6 is 0 Å². The maximum atomic E-state index is 13.4. The molecule has 0 bridgehead atoms. The van der Waals surface area contributed by atoms with E-state index in [1.807, 2.05) is 6.07 Å². The Morgan fingerprint density at radius 1 is 1.44 bits per heavy atom. The topological polar surface area (TPSA) is 21.3 Å². The Morgan fingerprint density at radius 3 is 2.69 bits per heavy atom. The van der Waals surface area contributed by atoms with E-state index in [-0.39, 0.29) is 11.4 Å². The minimum absolute atomic E-state index is 0.260. The summed E-state index contributed by atoms with van der Waals surface area (Å²) in [6.45, 7) is 2.94. The third-order valence-corrected chi connectivity index (χ3v) is 3.39. The first-order valence-corrected chi connectivity index (χ1v) is 5.70. The smallest absolute Gasteiger partial charge is 0.165 e. The Kier molecular flexibility index (Phi) is 3.15. The minimum Gasteiger partial charge on any atom is -0.494 e. The molecule has 88 valence electrons. The number of ether oxygens (including phenoxy) is 1. The molecule has 0 unspecified atom stereocenters. The fourth-order valence-electron chi connectivity index (χ4n) is 2.02. The average molecular weight is 223 g/mol. The van der Waals surface area contributed by atoms with Crippen LogP contribution in [0.4, 0.5) is 4.39 Å². The van der Waals surface area contributed by atoms with Crippen molar-refractivity contribution in [2.24, 2.45) is 0 Å². The van der Waals surface area contributed by atoms with E-state index in [0.717, 1.165) is 12.1 Å². The van der Waals surface area contributed by atoms with Crippen molar-refractivity contribution in [1.82, 2.24) is 5.32 Å². The molecular formula is C13H18FNO. The molecule has 0 radical (unpaired) electrons. The second-order valence-electron chi connectivity index (χ2n) is 4.74. The van der Waals surface area contributed by atoms with Crippen LogP contribution in [0, 0.1) is 5.82 Å². The number of hydrogen-bond donors (Lipinski definition) is 1. The van der Waals surface area contributed by atoms with E-state index < -0.39 is 0 Å². The van der Waals surface area contributed by atoms with E-state index in [1.54, 1.807) is 6.07 Å². The Labute approximate surface area is 95.8 Å². The van der Waals surface area contributed by atoms with Crippen molar-refractivity contribution in [2.75, 3.05) is 7.11 Å². The minimum atomic E-state index is -0.291. The van der Waals surface area contributed by atoms with Crippen molar-refractivity contribution in [3.8, 4) is 5.75 Å². The molecule has 0 aromatic heterocycles. The lowest BCUT2D eigenvalue weighted by atomic mass is 9.78. The zero-order valence-corrected chi connectivity index (χ0v) is 9.85. The van der Waals surface area contributed by atoms with Gasteiger partial charge >= 0.3 is 0 Å². The number of halogens is 1. The maximum Gasteiger partial charge on any atom is 0.165 e. The van der Waals surface area contributed by atoms with Gasteiger partial charge in [-0.1, -0.05) is 6.07 Å². The van der Waals surface area contributed by atoms with Crippen LogP contribution in [0.2, 0.25) is 0 Å². The van der Waals surface area contributed by atoms with E-state index in [4.69, 9.17) is 4.74 Å². The molecule has 1 N–H and O–H groups in total. The zero-order chi connectivity index (χ0) is 11.6. The lowest BCUT2D eigenvalue weighted by molar-refractivity contribution is 0.206. The second-order valence-corrected chi connectivity index (χ2v) is 4.74. The molecule has 16 heavy (non-hydrogen) atoms. The summed E-state index contributed by atoms with van der Waals surface area (Å²) in [6, 6.07) is 5.11. The summed E-state index contributed by atoms with van der Waals surface area (Å²) < 4.78 is 18.3. The van der Waals surface area contributed by atoms with Crippen molar-refractivity contribution in [2.45, 2.75) is 38.3 Å². The van der Waals surface area contributed by atoms with E-state index in [0.29, 0.717) is 5.75 Å². The highest BCUT2D eigenvalue weighted by Crippen LogP contribution is 2.31. The van der Waals surface area contributed by atoms with E-state index in [1.165, 1.54) is 32.4 Å². The summed E-state index contributed by atoms with van der Waals surface area (Å²) in [5.74, 6) is 0.0131. The van der Waals surface area contributed by atoms with Crippen LogP contribution in [0.25, 0.3) is 0 Å². The van der Waals surface area contributed by atoms with Crippen LogP contribution in [-0.2, 0) is 6.54 Å². The molecule has 1 aromatic rings. The molecule has 0 saturated heterocycles. The average Bonchev–Trinajstić information content (AvgIpc) is 2.24. The molecule has 3 heteroatoms. The SMILES string of the molecule is COc1ccc(CNC2(C)CCC2)cc1F. The van der Waals surface area contributed by atoms with Gasteiger partial charge in [-0.05, 0) is 43.9 Å². The zero-order valence-electron chi connectivity index (χ0n) is 9.85. The van der Waals surface area contributed by atoms with Gasteiger partial charge in [0.05, 0.1) is 7.11 Å². The molecule has 2 rings (SSSR count). The van der Waals surface area contributed by atoms with Gasteiger partial charge < -0.3 is 10.1 Å². The lowest BCUT2D eigenvalue weighted by Gasteiger charge is -2.39. The first-order valence-electron chi connectivity index (χ1n) is 5.70. The third-order valence-electron chi connectivity index (χ3n) is 3.39. The van der Waals surface area contributed by atoms with Gasteiger partial charge in [-0.3, -0.25) is 0 Å². The van der Waals surface area contributed by atoms with Gasteiger partial charge in [0.25, 0.3) is 0 Å². The Morgan fingerprint density at radius 2 is 2.19 bits per heavy atom. The van der Waals surface area contributed by atoms with Gasteiger partial charge in [0.1, 0.15) is 0 Å². The van der Waals surface area contributed by atoms with Crippen LogP contribution in [0.1, 0.15) is 31.7 Å². The van der Waals surface area contributed by atoms with Crippen molar-refractivity contribution in [3.63, 3.8) is 0 Å². The summed E-state index contributed by atoms with van der Waals surface area (Å²) in [7, 11) is 1.48. The molecule has 1 aliphatic carbocycles. The van der Waals surface area contributed by atoms with Gasteiger partial charge in [-0.25, -0.2) is 4.39 Å². The highest BCUT2D eigenvalue weighted by atomic mass is 19.1. The molecule has 1 saturated carbocycles. The highest BCUT2D eigenvalue weighted by Gasteiger charge is 2.30. The van der Waals surface area contributed by atoms with Crippen molar-refractivity contribution in [1.29, 1.82) is 0 Å². The van der Waals surface area contributed by atoms with Crippen LogP contribution in [-0.4, -0.2) is 12.6 Å². The van der Waals surface area contributed by atoms with Crippen molar-refractivity contribution in [3.05, 3.63) is 29.6 Å². The molecule has 2 nitrogen and oxygen atoms in total. The van der Waals surface area contributed by atoms with Crippen LogP contribution in [0.3, 0.4) is 0 Å². The molecule has 0 heterocycles. The number of hydrogen-bond acceptors (Lipinski definition) is 2. The molecule has 1 fully saturated rings. The molecule has 0 aliphatic heterocycles. The largest absolute Gasteiger partial charge is 0.494 e. The van der Waals surface area contributed by atoms with Gasteiger partial charge in [-0.2, -0.15) is 0 Å². The fraction of sp³-hybridized carbons (Fsp3) is 0.538. The van der Waals surface area contributed by atoms with E-state index >= 15 is 0 Å². The summed E-state index contributed by atoms with van der Waals surface area (Å²) in [6.07, 6.45) is 3.72. The van der Waals surface area contributed by atoms with Crippen LogP contribution in [0.15, 0.2) is 18.2 Å². The molecule has 0 amide bonds. The molecule has 0 atom stereocenters. The van der Waals surface area contributed by atoms with Gasteiger partial charge in [0, 0.05) is 12.1 Å². The third kappa shape index (κ3) is 2.35. The van der Waals surface area contributed by atoms with Crippen LogP contribution < -0.4 is 10.1 Å². The number of methoxy groups -OCH3 is 1. The fourth-order valence-corrected chi connectivity index (χ4v) is 2.02. The second kappa shape index (κ2) is 4.42. The summed E-state index contributed by atoms with van der Waals surface area (Å²) in [4.78, 5) is 0. The summed E-state index contributed by atoms with van der Waals surface area (Å²) in [5, 5.41) is 3.47. The number of rotatable bonds is 4. The Bertz CT molecular complexity index is 374. The first kappa shape index (κ1) is 11.4. The van der Waals surface area contributed by atoms with E-state index in [9.17, 15) is 4.39 Å². The van der Waals surface area contributed by atoms with Gasteiger partial charge in [0.2, 0.25) is 0 Å². The number of benzene rings is 1. The molecular weight excluding hydrogens is 205 g/mol. The normalized spacial score (nSPS) is 17.9. The first-order chi connectivity index (χ1) is 7.63. The maximum absolute atomic E-state index is 13.4. The van der Waals surface area contributed by atoms with Gasteiger partial charge in [0.15, 0.2) is 11.6 Å². The predicted octanol–water partition coefficient (Wildman–Crippen LogP) is 2.87. The Hall–Kier alpha value is -1.09. The molecule has 1 aliphatic rings. The van der Waals surface area contributed by atoms with E-state index in [2.05, 4.69) is 12.2 Å². The monoisotopic (exact) mass is 223 g/mol. The standard InChI is InChI=1S/C13H18FNO/c1-13(6-3-7-13)15-9-10-4-5-12(16-2)11(14)8-10/h4-5,8,15H,3,6-7,9H2,1-2H3. The predicted molar refractivity (Wildman–Crippen MR) is 62.0 cm³/mol. The molecule has 0 spiro atoms.